The molecule has 0 bridgehead atoms. The molecule has 0 aliphatic carbocycles. The van der Waals surface area contributed by atoms with Crippen molar-refractivity contribution in [2.24, 2.45) is 0 Å². The van der Waals surface area contributed by atoms with E-state index < -0.39 is 316 Å². The van der Waals surface area contributed by atoms with Gasteiger partial charge in [0.05, 0.1) is 58.0 Å². The Balaban J connectivity index is 0.000000228. The molecule has 27 N–H and O–H groups in total. The Kier molecular flexibility index (Phi) is 37.7. The molecule has 45 nitrogen and oxygen atoms in total. The van der Waals surface area contributed by atoms with Crippen molar-refractivity contribution < 1.29 is 223 Å². The highest BCUT2D eigenvalue weighted by atomic mass is 16.8. The number of unbranched alkanes of at least 4 members (excludes halogenated alkanes) is 1. The van der Waals surface area contributed by atoms with Gasteiger partial charge in [0.25, 0.3) is 0 Å². The van der Waals surface area contributed by atoms with Crippen LogP contribution in [0.25, 0.3) is 0 Å². The van der Waals surface area contributed by atoms with Crippen LogP contribution in [0.3, 0.4) is 0 Å². The zero-order chi connectivity index (χ0) is 80.9. The molecule has 0 aromatic heterocycles. The molecule has 642 valence electrons. The van der Waals surface area contributed by atoms with Gasteiger partial charge >= 0.3 is 0 Å². The Labute approximate surface area is 624 Å². The van der Waals surface area contributed by atoms with E-state index in [2.05, 4.69) is 0 Å². The summed E-state index contributed by atoms with van der Waals surface area (Å²) in [6.45, 7) is 7.08. The third-order valence-electron chi connectivity index (χ3n) is 19.8. The minimum atomic E-state index is -1.78. The van der Waals surface area contributed by atoms with Crippen LogP contribution in [-0.2, 0) is 85.3 Å². The molecule has 0 spiro atoms. The van der Waals surface area contributed by atoms with Crippen molar-refractivity contribution in [2.45, 2.75) is 344 Å². The molecule has 0 aromatic rings. The van der Waals surface area contributed by atoms with Crippen LogP contribution in [0.2, 0.25) is 0 Å². The molecule has 0 radical (unpaired) electrons. The second-order valence-corrected chi connectivity index (χ2v) is 28.0. The van der Waals surface area contributed by atoms with Crippen LogP contribution in [0, 0.1) is 0 Å². The first-order chi connectivity index (χ1) is 51.5. The van der Waals surface area contributed by atoms with E-state index in [0.29, 0.717) is 19.3 Å². The Bertz CT molecular complexity index is 2550. The fraction of sp³-hybridized carbons (Fsp3) is 1.00. The summed E-state index contributed by atoms with van der Waals surface area (Å²) >= 11 is 0. The number of ether oxygens (including phenoxy) is 18. The van der Waals surface area contributed by atoms with Gasteiger partial charge in [-0.2, -0.15) is 0 Å². The lowest BCUT2D eigenvalue weighted by Gasteiger charge is -2.46. The maximum Gasteiger partial charge on any atom is 0.187 e. The van der Waals surface area contributed by atoms with E-state index in [1.165, 1.54) is 20.8 Å². The van der Waals surface area contributed by atoms with Crippen molar-refractivity contribution in [1.29, 1.82) is 0 Å². The normalized spacial score (nSPS) is 49.9. The molecule has 9 aliphatic heterocycles. The second kappa shape index (κ2) is 43.6. The fourth-order valence-electron chi connectivity index (χ4n) is 12.8. The number of aliphatic hydroxyl groups is 27. The van der Waals surface area contributed by atoms with Crippen LogP contribution in [0.4, 0.5) is 0 Å². The number of aliphatic hydroxyl groups excluding tert-OH is 27. The Morgan fingerprint density at radius 1 is 0.211 bits per heavy atom. The number of hydrogen-bond donors (Lipinski definition) is 27. The first-order valence-corrected chi connectivity index (χ1v) is 36.3. The summed E-state index contributed by atoms with van der Waals surface area (Å²) in [5, 5.41) is 274. The van der Waals surface area contributed by atoms with E-state index >= 15 is 0 Å². The largest absolute Gasteiger partial charge is 0.394 e. The number of rotatable bonds is 28. The smallest absolute Gasteiger partial charge is 0.187 e. The number of hydrogen-bond acceptors (Lipinski definition) is 45. The molecule has 0 aromatic carbocycles. The Hall–Kier alpha value is -1.80. The van der Waals surface area contributed by atoms with E-state index in [1.54, 1.807) is 0 Å². The average Bonchev–Trinajstić information content (AvgIpc) is 0.791. The van der Waals surface area contributed by atoms with Crippen LogP contribution in [-0.4, -0.2) is 474 Å². The average molecular weight is 1610 g/mol. The van der Waals surface area contributed by atoms with E-state index in [0.717, 1.165) is 6.42 Å². The standard InChI is InChI=1S/C22H40O16.C21H38O15.C21H38O14/c1-2-3-4-33-22-19(38-21-18(32)15(29)12(26)9(6-24)36-21)16(30)13(27)10(37-22)7-34-20-17(31)14(28)11(25)8(5-23)35-20;1-3-4-31-20-17(30)18(36-21-16(29)14(27)11(24)8(5-22)34-21)12(25)9(35-20)6-32-19-15(28)13(26)10(23)7(2)33-19;1-4-5-30-20-17(29)18(35-21-16(28)14(26)11(23)8(3)33-21)12(24)9(34-20)6-31-19-15(27)13(25)10(22)7(2)32-19/h8-32H,2-7H2,1H3;7-30H,3-6H2,1-2H3;7-29H,4-6H2,1-3H3/t8-,9-,10-,11-,12-,13-,14+,15+,16+,17+,18+,19+,20+,21-,22-;7-,8+,9+,10+,11+,12+,13-,14-,15-,16-,17-,18-,19+,20-,21+;7-,8-,9+,10+,11+,12+,13-,14+,15-,16-,17-,18-,19+,20-,21-/m100/s1. The highest BCUT2D eigenvalue weighted by Gasteiger charge is 2.57. The SMILES string of the molecule is CCCCO[C@@H]1O[C@H](CO[C@H]2O[C@H](CO)[C@@H](O)[C@H](O)[C@@H]2O)[C@@H](O)[C@H](O)[C@@H]1O[C@H]1O[C@H](CO)[C@@H](O)[C@H](O)[C@@H]1O.CCCO[C@H]1O[C@H](CO[C@@H]2O[C@@H](C)[C@@H](O)[C@H](O)[C@@H]2O)[C@@H](O)[C@H](O[C@@H]2O[C@@H](C)[C@@H](O)[C@@H](O)[C@@H]2O)[C@@H]1O.CCCO[C@H]1O[C@H](CO[C@@H]2O[C@@H](C)[C@@H](O)[C@H](O)[C@@H]2O)[C@@H](O)[C@H](O[C@H]2O[C@H](CO)[C@@H](O)[C@H](O)[C@@H]2O)[C@@H]1O. The van der Waals surface area contributed by atoms with Gasteiger partial charge in [-0.25, -0.2) is 0 Å². The van der Waals surface area contributed by atoms with Crippen LogP contribution >= 0.6 is 0 Å². The van der Waals surface area contributed by atoms with Gasteiger partial charge in [-0.3, -0.25) is 0 Å². The summed E-state index contributed by atoms with van der Waals surface area (Å²) in [5.41, 5.74) is 0. The second-order valence-electron chi connectivity index (χ2n) is 28.0. The topological polar surface area (TPSA) is 712 Å². The predicted molar refractivity (Wildman–Crippen MR) is 346 cm³/mol. The maximum absolute atomic E-state index is 10.9. The van der Waals surface area contributed by atoms with E-state index in [-0.39, 0.29) is 19.8 Å². The van der Waals surface area contributed by atoms with Gasteiger partial charge in [0.15, 0.2) is 56.6 Å². The highest BCUT2D eigenvalue weighted by Crippen LogP contribution is 2.36. The molecule has 9 rings (SSSR count). The fourth-order valence-corrected chi connectivity index (χ4v) is 12.8. The zero-order valence-electron chi connectivity index (χ0n) is 60.6. The highest BCUT2D eigenvalue weighted by molar-refractivity contribution is 4.99. The lowest BCUT2D eigenvalue weighted by molar-refractivity contribution is -0.372. The summed E-state index contributed by atoms with van der Waals surface area (Å²) in [6.07, 6.45) is -63.5. The van der Waals surface area contributed by atoms with Gasteiger partial charge in [-0.05, 0) is 40.0 Å². The molecule has 109 heavy (non-hydrogen) atoms. The summed E-state index contributed by atoms with van der Waals surface area (Å²) in [5.74, 6) is 0. The van der Waals surface area contributed by atoms with Crippen LogP contribution in [0.5, 0.6) is 0 Å². The Morgan fingerprint density at radius 2 is 0.459 bits per heavy atom. The van der Waals surface area contributed by atoms with Gasteiger partial charge in [0.2, 0.25) is 0 Å². The molecule has 0 saturated carbocycles. The molecular weight excluding hydrogens is 1490 g/mol. The van der Waals surface area contributed by atoms with Crippen LogP contribution in [0.1, 0.15) is 67.2 Å². The van der Waals surface area contributed by atoms with Gasteiger partial charge in [-0.1, -0.05) is 27.2 Å². The van der Waals surface area contributed by atoms with Crippen molar-refractivity contribution >= 4 is 0 Å². The lowest BCUT2D eigenvalue weighted by atomic mass is 9.97. The molecule has 9 fully saturated rings. The monoisotopic (exact) mass is 1600 g/mol. The van der Waals surface area contributed by atoms with E-state index in [1.807, 2.05) is 20.8 Å². The molecule has 9 heterocycles. The lowest BCUT2D eigenvalue weighted by Crippen LogP contribution is -2.65. The molecule has 9 aliphatic rings. The van der Waals surface area contributed by atoms with Crippen molar-refractivity contribution in [3.05, 3.63) is 0 Å². The summed E-state index contributed by atoms with van der Waals surface area (Å²) in [4.78, 5) is 0. The Morgan fingerprint density at radius 3 is 0.798 bits per heavy atom. The summed E-state index contributed by atoms with van der Waals surface area (Å²) in [6, 6.07) is 0. The van der Waals surface area contributed by atoms with Gasteiger partial charge < -0.3 is 223 Å². The predicted octanol–water partition coefficient (Wildman–Crippen LogP) is -14.9. The molecular formula is C64H116O45. The quantitative estimate of drug-likeness (QED) is 0.0324. The third-order valence-corrected chi connectivity index (χ3v) is 19.8. The van der Waals surface area contributed by atoms with E-state index in [9.17, 15) is 138 Å². The van der Waals surface area contributed by atoms with Crippen molar-refractivity contribution in [3.8, 4) is 0 Å². The van der Waals surface area contributed by atoms with Crippen LogP contribution in [0.15, 0.2) is 0 Å². The van der Waals surface area contributed by atoms with Gasteiger partial charge in [-0.15, -0.1) is 0 Å². The zero-order valence-corrected chi connectivity index (χ0v) is 60.6. The first kappa shape index (κ1) is 94.4. The molecule has 0 unspecified atom stereocenters. The van der Waals surface area contributed by atoms with Crippen molar-refractivity contribution in [2.75, 3.05) is 59.5 Å². The molecule has 9 saturated heterocycles. The molecule has 45 atom stereocenters. The summed E-state index contributed by atoms with van der Waals surface area (Å²) in [7, 11) is 0. The third kappa shape index (κ3) is 22.9. The van der Waals surface area contributed by atoms with E-state index in [4.69, 9.17) is 85.3 Å². The minimum Gasteiger partial charge on any atom is -0.394 e. The van der Waals surface area contributed by atoms with Crippen molar-refractivity contribution in [3.63, 3.8) is 0 Å². The van der Waals surface area contributed by atoms with Crippen molar-refractivity contribution in [1.82, 2.24) is 0 Å². The first-order valence-electron chi connectivity index (χ1n) is 36.3. The molecule has 0 amide bonds. The summed E-state index contributed by atoms with van der Waals surface area (Å²) < 4.78 is 99.1. The molecule has 45 heteroatoms. The minimum absolute atomic E-state index is 0.152. The van der Waals surface area contributed by atoms with Gasteiger partial charge in [0.1, 0.15) is 201 Å². The van der Waals surface area contributed by atoms with Gasteiger partial charge in [0, 0.05) is 19.8 Å². The van der Waals surface area contributed by atoms with Crippen LogP contribution < -0.4 is 0 Å². The maximum atomic E-state index is 10.9.